The molecule has 184 valence electrons. The summed E-state index contributed by atoms with van der Waals surface area (Å²) >= 11 is 0. The molecule has 1 aliphatic carbocycles. The highest BCUT2D eigenvalue weighted by Gasteiger charge is 2.35. The first kappa shape index (κ1) is 24.3. The molecule has 4 rings (SSSR count). The number of amides is 2. The topological polar surface area (TPSA) is 72.2 Å². The lowest BCUT2D eigenvalue weighted by molar-refractivity contribution is -0.132. The maximum atomic E-state index is 13.7. The highest BCUT2D eigenvalue weighted by Crippen LogP contribution is 2.29. The molecule has 0 aliphatic heterocycles. The second-order valence-electron chi connectivity index (χ2n) is 8.51. The van der Waals surface area contributed by atoms with E-state index in [1.165, 1.54) is 18.2 Å². The van der Waals surface area contributed by atoms with Crippen molar-refractivity contribution in [3.63, 3.8) is 0 Å². The van der Waals surface area contributed by atoms with Crippen LogP contribution in [0.3, 0.4) is 0 Å². The molecule has 2 aromatic carbocycles. The first-order valence-electron chi connectivity index (χ1n) is 11.6. The van der Waals surface area contributed by atoms with Crippen LogP contribution in [-0.2, 0) is 17.8 Å². The van der Waals surface area contributed by atoms with Gasteiger partial charge in [0.05, 0.1) is 27.0 Å². The van der Waals surface area contributed by atoms with Gasteiger partial charge >= 0.3 is 0 Å². The summed E-state index contributed by atoms with van der Waals surface area (Å²) in [4.78, 5) is 29.8. The largest absolute Gasteiger partial charge is 0.493 e. The van der Waals surface area contributed by atoms with Crippen LogP contribution in [0.1, 0.15) is 34.5 Å². The smallest absolute Gasteiger partial charge is 0.254 e. The molecule has 1 aliphatic rings. The third-order valence-electron chi connectivity index (χ3n) is 6.02. The van der Waals surface area contributed by atoms with E-state index in [4.69, 9.17) is 13.9 Å². The van der Waals surface area contributed by atoms with Gasteiger partial charge in [-0.15, -0.1) is 0 Å². The lowest BCUT2D eigenvalue weighted by Gasteiger charge is -2.27. The van der Waals surface area contributed by atoms with Crippen LogP contribution in [0.5, 0.6) is 11.5 Å². The average molecular weight is 481 g/mol. The van der Waals surface area contributed by atoms with Crippen LogP contribution in [0, 0.1) is 5.82 Å². The number of carbonyl (C=O) groups excluding carboxylic acids is 2. The highest BCUT2D eigenvalue weighted by atomic mass is 19.1. The average Bonchev–Trinajstić information content (AvgIpc) is 3.59. The summed E-state index contributed by atoms with van der Waals surface area (Å²) in [6.07, 6.45) is 3.81. The van der Waals surface area contributed by atoms with E-state index in [1.54, 1.807) is 42.4 Å². The van der Waals surface area contributed by atoms with Crippen molar-refractivity contribution in [2.24, 2.45) is 0 Å². The number of halogens is 1. The summed E-state index contributed by atoms with van der Waals surface area (Å²) in [5.41, 5.74) is 1.22. The van der Waals surface area contributed by atoms with Crippen molar-refractivity contribution >= 4 is 11.8 Å². The van der Waals surface area contributed by atoms with E-state index < -0.39 is 5.82 Å². The van der Waals surface area contributed by atoms with Gasteiger partial charge in [-0.3, -0.25) is 9.59 Å². The highest BCUT2D eigenvalue weighted by molar-refractivity contribution is 5.97. The Hall–Kier alpha value is -3.81. The summed E-state index contributed by atoms with van der Waals surface area (Å²) in [7, 11) is 3.16. The zero-order chi connectivity index (χ0) is 24.8. The quantitative estimate of drug-likeness (QED) is 0.409. The predicted molar refractivity (Wildman–Crippen MR) is 128 cm³/mol. The number of ether oxygens (including phenoxy) is 2. The van der Waals surface area contributed by atoms with Gasteiger partial charge in [-0.25, -0.2) is 4.39 Å². The molecule has 0 N–H and O–H groups in total. The number of furan rings is 1. The van der Waals surface area contributed by atoms with E-state index in [0.29, 0.717) is 30.2 Å². The first-order chi connectivity index (χ1) is 17.0. The molecule has 0 atom stereocenters. The molecule has 7 nitrogen and oxygen atoms in total. The number of carbonyl (C=O) groups is 2. The number of hydrogen-bond donors (Lipinski definition) is 0. The fourth-order valence-electron chi connectivity index (χ4n) is 3.97. The van der Waals surface area contributed by atoms with Gasteiger partial charge < -0.3 is 23.7 Å². The Balaban J connectivity index is 1.49. The van der Waals surface area contributed by atoms with E-state index >= 15 is 0 Å². The summed E-state index contributed by atoms with van der Waals surface area (Å²) < 4.78 is 29.9. The number of rotatable bonds is 11. The number of nitrogens with zero attached hydrogens (tertiary/aromatic N) is 2. The standard InChI is InChI=1S/C27H29FN2O5/c1-33-24-11-8-19(15-25(24)34-2)12-13-29(17-23-7-4-14-35-23)26(31)18-30(22-9-10-22)27(32)20-5-3-6-21(28)16-20/h3-8,11,14-16,22H,9-10,12-13,17-18H2,1-2H3. The molecule has 8 heteroatoms. The molecule has 0 unspecified atom stereocenters. The Morgan fingerprint density at radius 2 is 1.83 bits per heavy atom. The molecule has 0 spiro atoms. The van der Waals surface area contributed by atoms with Gasteiger partial charge in [-0.05, 0) is 67.3 Å². The van der Waals surface area contributed by atoms with Crippen molar-refractivity contribution in [1.29, 1.82) is 0 Å². The minimum Gasteiger partial charge on any atom is -0.493 e. The van der Waals surface area contributed by atoms with Gasteiger partial charge in [0.1, 0.15) is 18.1 Å². The number of methoxy groups -OCH3 is 2. The monoisotopic (exact) mass is 480 g/mol. The number of benzene rings is 2. The molecule has 1 fully saturated rings. The van der Waals surface area contributed by atoms with Crippen molar-refractivity contribution < 1.29 is 27.9 Å². The van der Waals surface area contributed by atoms with Gasteiger partial charge in [-0.1, -0.05) is 12.1 Å². The van der Waals surface area contributed by atoms with Crippen LogP contribution >= 0.6 is 0 Å². The molecule has 35 heavy (non-hydrogen) atoms. The van der Waals surface area contributed by atoms with E-state index in [1.807, 2.05) is 24.3 Å². The molecule has 2 amide bonds. The minimum absolute atomic E-state index is 0.00831. The van der Waals surface area contributed by atoms with E-state index in [-0.39, 0.29) is 36.5 Å². The molecule has 0 saturated heterocycles. The Kier molecular flexibility index (Phi) is 7.70. The Morgan fingerprint density at radius 1 is 1.03 bits per heavy atom. The zero-order valence-corrected chi connectivity index (χ0v) is 19.9. The van der Waals surface area contributed by atoms with Gasteiger partial charge in [0.25, 0.3) is 5.91 Å². The lowest BCUT2D eigenvalue weighted by atomic mass is 10.1. The molecule has 0 radical (unpaired) electrons. The van der Waals surface area contributed by atoms with Crippen LogP contribution < -0.4 is 9.47 Å². The van der Waals surface area contributed by atoms with Crippen LogP contribution in [0.25, 0.3) is 0 Å². The second-order valence-corrected chi connectivity index (χ2v) is 8.51. The molecular formula is C27H29FN2O5. The van der Waals surface area contributed by atoms with Gasteiger partial charge in [0.15, 0.2) is 11.5 Å². The molecule has 3 aromatic rings. The van der Waals surface area contributed by atoms with Gasteiger partial charge in [0.2, 0.25) is 5.91 Å². The second kappa shape index (κ2) is 11.1. The summed E-state index contributed by atoms with van der Waals surface area (Å²) in [5, 5.41) is 0. The predicted octanol–water partition coefficient (Wildman–Crippen LogP) is 4.31. The van der Waals surface area contributed by atoms with Crippen LogP contribution in [-0.4, -0.2) is 55.0 Å². The molecular weight excluding hydrogens is 451 g/mol. The van der Waals surface area contributed by atoms with Crippen molar-refractivity contribution in [3.8, 4) is 11.5 Å². The lowest BCUT2D eigenvalue weighted by Crippen LogP contribution is -2.44. The Morgan fingerprint density at radius 3 is 2.49 bits per heavy atom. The SMILES string of the molecule is COc1ccc(CCN(Cc2ccco2)C(=O)CN(C(=O)c2cccc(F)c2)C2CC2)cc1OC. The number of hydrogen-bond acceptors (Lipinski definition) is 5. The van der Waals surface area contributed by atoms with Crippen LogP contribution in [0.15, 0.2) is 65.3 Å². The maximum absolute atomic E-state index is 13.7. The summed E-state index contributed by atoms with van der Waals surface area (Å²) in [5.74, 6) is 0.898. The maximum Gasteiger partial charge on any atom is 0.254 e. The van der Waals surface area contributed by atoms with Crippen molar-refractivity contribution in [2.45, 2.75) is 31.8 Å². The van der Waals surface area contributed by atoms with E-state index in [0.717, 1.165) is 18.4 Å². The minimum atomic E-state index is -0.479. The van der Waals surface area contributed by atoms with E-state index in [9.17, 15) is 14.0 Å². The molecule has 0 bridgehead atoms. The normalized spacial score (nSPS) is 12.8. The van der Waals surface area contributed by atoms with Crippen LogP contribution in [0.2, 0.25) is 0 Å². The van der Waals surface area contributed by atoms with Crippen LogP contribution in [0.4, 0.5) is 4.39 Å². The van der Waals surface area contributed by atoms with E-state index in [2.05, 4.69) is 0 Å². The molecule has 1 aromatic heterocycles. The summed E-state index contributed by atoms with van der Waals surface area (Å²) in [6, 6.07) is 14.8. The first-order valence-corrected chi connectivity index (χ1v) is 11.6. The third-order valence-corrected chi connectivity index (χ3v) is 6.02. The molecule has 1 saturated carbocycles. The zero-order valence-electron chi connectivity index (χ0n) is 19.9. The van der Waals surface area contributed by atoms with Crippen molar-refractivity contribution in [2.75, 3.05) is 27.3 Å². The van der Waals surface area contributed by atoms with Gasteiger partial charge in [-0.2, -0.15) is 0 Å². The third kappa shape index (κ3) is 6.20. The Labute approximate surface area is 204 Å². The van der Waals surface area contributed by atoms with Crippen molar-refractivity contribution in [3.05, 3.63) is 83.6 Å². The fourth-order valence-corrected chi connectivity index (χ4v) is 3.97. The summed E-state index contributed by atoms with van der Waals surface area (Å²) in [6.45, 7) is 0.625. The van der Waals surface area contributed by atoms with Crippen molar-refractivity contribution in [1.82, 2.24) is 9.80 Å². The fraction of sp³-hybridized carbons (Fsp3) is 0.333. The Bertz CT molecular complexity index is 1160. The molecule has 1 heterocycles. The van der Waals surface area contributed by atoms with Gasteiger partial charge in [0, 0.05) is 18.2 Å².